The van der Waals surface area contributed by atoms with Gasteiger partial charge in [0.15, 0.2) is 0 Å². The van der Waals surface area contributed by atoms with E-state index in [1.165, 1.54) is 5.30 Å². The van der Waals surface area contributed by atoms with Crippen molar-refractivity contribution >= 4 is 47.0 Å². The number of hydrogen-bond donors (Lipinski definition) is 0. The van der Waals surface area contributed by atoms with Gasteiger partial charge in [0.05, 0.1) is 0 Å². The molecule has 21 heavy (non-hydrogen) atoms. The van der Waals surface area contributed by atoms with Gasteiger partial charge < -0.3 is 0 Å². The van der Waals surface area contributed by atoms with Crippen LogP contribution in [0.3, 0.4) is 0 Å². The van der Waals surface area contributed by atoms with E-state index in [0.717, 1.165) is 20.7 Å². The van der Waals surface area contributed by atoms with E-state index in [9.17, 15) is 0 Å². The molecule has 0 atom stereocenters. The summed E-state index contributed by atoms with van der Waals surface area (Å²) < 4.78 is 0. The number of aromatic nitrogens is 1. The van der Waals surface area contributed by atoms with Gasteiger partial charge in [-0.15, -0.1) is 0 Å². The largest absolute Gasteiger partial charge is 0.265 e. The topological polar surface area (TPSA) is 12.9 Å². The van der Waals surface area contributed by atoms with Crippen molar-refractivity contribution in [2.45, 2.75) is 0 Å². The summed E-state index contributed by atoms with van der Waals surface area (Å²) >= 11 is 12.9. The number of pyridine rings is 1. The van der Waals surface area contributed by atoms with Crippen LogP contribution in [0.2, 0.25) is 10.0 Å². The highest BCUT2D eigenvalue weighted by atomic mass is 35.5. The normalized spacial score (nSPS) is 10.8. The molecule has 0 N–H and O–H groups in total. The molecule has 0 spiro atoms. The van der Waals surface area contributed by atoms with Gasteiger partial charge >= 0.3 is 0 Å². The molecule has 0 saturated carbocycles. The quantitative estimate of drug-likeness (QED) is 0.657. The second-order valence-corrected chi connectivity index (χ2v) is 7.41. The molecular weight excluding hydrogens is 320 g/mol. The van der Waals surface area contributed by atoms with Crippen molar-refractivity contribution in [2.24, 2.45) is 0 Å². The van der Waals surface area contributed by atoms with Crippen molar-refractivity contribution in [1.29, 1.82) is 0 Å². The summed E-state index contributed by atoms with van der Waals surface area (Å²) in [5.41, 5.74) is 0. The highest BCUT2D eigenvalue weighted by molar-refractivity contribution is 7.80. The van der Waals surface area contributed by atoms with E-state index >= 15 is 0 Å². The summed E-state index contributed by atoms with van der Waals surface area (Å²) in [7, 11) is -0.792. The van der Waals surface area contributed by atoms with E-state index in [1.807, 2.05) is 48.5 Å². The molecule has 0 unspecified atom stereocenters. The van der Waals surface area contributed by atoms with Crippen molar-refractivity contribution in [1.82, 2.24) is 4.98 Å². The Bertz CT molecular complexity index is 701. The molecule has 1 nitrogen and oxygen atoms in total. The Morgan fingerprint density at radius 3 is 1.62 bits per heavy atom. The lowest BCUT2D eigenvalue weighted by Gasteiger charge is -2.21. The number of rotatable bonds is 3. The average molecular weight is 332 g/mol. The second kappa shape index (κ2) is 6.58. The summed E-state index contributed by atoms with van der Waals surface area (Å²) in [6.07, 6.45) is 3.61. The summed E-state index contributed by atoms with van der Waals surface area (Å²) in [4.78, 5) is 4.10. The van der Waals surface area contributed by atoms with Gasteiger partial charge in [0.2, 0.25) is 0 Å². The molecule has 0 aliphatic heterocycles. The Balaban J connectivity index is 2.22. The molecule has 104 valence electrons. The smallest absolute Gasteiger partial charge is 0.0489 e. The first-order chi connectivity index (χ1) is 10.3. The minimum atomic E-state index is -0.792. The fourth-order valence-electron chi connectivity index (χ4n) is 2.17. The predicted octanol–water partition coefficient (Wildman–Crippen LogP) is 4.15. The first kappa shape index (κ1) is 14.5. The third kappa shape index (κ3) is 3.11. The molecule has 4 heteroatoms. The van der Waals surface area contributed by atoms with Crippen LogP contribution in [-0.2, 0) is 0 Å². The maximum Gasteiger partial charge on any atom is 0.0489 e. The zero-order valence-electron chi connectivity index (χ0n) is 11.1. The van der Waals surface area contributed by atoms with Crippen LogP contribution in [0.5, 0.6) is 0 Å². The zero-order valence-corrected chi connectivity index (χ0v) is 13.5. The van der Waals surface area contributed by atoms with Crippen LogP contribution in [0.25, 0.3) is 0 Å². The van der Waals surface area contributed by atoms with Gasteiger partial charge in [-0.05, 0) is 37.5 Å². The zero-order chi connectivity index (χ0) is 14.7. The number of nitrogens with zero attached hydrogens (tertiary/aromatic N) is 1. The standard InChI is InChI=1S/C17H12Cl2NP/c18-14-5-1-3-7-16(14)21(13-9-11-20-12-10-13)17-8-4-2-6-15(17)19/h1-12H. The average Bonchev–Trinajstić information content (AvgIpc) is 2.52. The van der Waals surface area contributed by atoms with Crippen LogP contribution in [0.4, 0.5) is 0 Å². The Labute approximate surface area is 135 Å². The van der Waals surface area contributed by atoms with Crippen molar-refractivity contribution in [3.05, 3.63) is 83.1 Å². The van der Waals surface area contributed by atoms with Crippen molar-refractivity contribution in [3.8, 4) is 0 Å². The molecular formula is C17H12Cl2NP. The molecule has 3 aromatic rings. The molecule has 0 bridgehead atoms. The fourth-order valence-corrected chi connectivity index (χ4v) is 5.24. The molecule has 3 rings (SSSR count). The van der Waals surface area contributed by atoms with E-state index in [0.29, 0.717) is 0 Å². The maximum atomic E-state index is 6.43. The molecule has 0 saturated heterocycles. The van der Waals surface area contributed by atoms with Gasteiger partial charge in [-0.3, -0.25) is 4.98 Å². The molecule has 0 fully saturated rings. The number of halogens is 2. The number of hydrogen-bond acceptors (Lipinski definition) is 1. The van der Waals surface area contributed by atoms with Gasteiger partial charge in [0.1, 0.15) is 0 Å². The van der Waals surface area contributed by atoms with Gasteiger partial charge in [-0.1, -0.05) is 59.6 Å². The Hall–Kier alpha value is -1.40. The summed E-state index contributed by atoms with van der Waals surface area (Å²) in [6, 6.07) is 19.9. The monoisotopic (exact) mass is 331 g/mol. The van der Waals surface area contributed by atoms with E-state index in [-0.39, 0.29) is 0 Å². The first-order valence-corrected chi connectivity index (χ1v) is 8.56. The van der Waals surface area contributed by atoms with Gasteiger partial charge in [-0.2, -0.15) is 0 Å². The lowest BCUT2D eigenvalue weighted by atomic mass is 10.4. The highest BCUT2D eigenvalue weighted by Crippen LogP contribution is 2.37. The van der Waals surface area contributed by atoms with Crippen LogP contribution in [0, 0.1) is 0 Å². The summed E-state index contributed by atoms with van der Waals surface area (Å²) in [6.45, 7) is 0. The summed E-state index contributed by atoms with van der Waals surface area (Å²) in [5.74, 6) is 0. The van der Waals surface area contributed by atoms with E-state index < -0.39 is 7.92 Å². The van der Waals surface area contributed by atoms with Gasteiger partial charge in [-0.25, -0.2) is 0 Å². The van der Waals surface area contributed by atoms with Crippen LogP contribution in [0.15, 0.2) is 73.1 Å². The van der Waals surface area contributed by atoms with E-state index in [4.69, 9.17) is 23.2 Å². The highest BCUT2D eigenvalue weighted by Gasteiger charge is 2.20. The van der Waals surface area contributed by atoms with Crippen LogP contribution >= 0.6 is 31.1 Å². The van der Waals surface area contributed by atoms with Crippen molar-refractivity contribution in [3.63, 3.8) is 0 Å². The first-order valence-electron chi connectivity index (χ1n) is 6.46. The molecule has 1 aromatic heterocycles. The second-order valence-electron chi connectivity index (χ2n) is 4.44. The molecule has 0 aliphatic rings. The van der Waals surface area contributed by atoms with Crippen molar-refractivity contribution in [2.75, 3.05) is 0 Å². The molecule has 1 heterocycles. The summed E-state index contributed by atoms with van der Waals surface area (Å²) in [5, 5.41) is 4.92. The van der Waals surface area contributed by atoms with Crippen LogP contribution < -0.4 is 15.9 Å². The minimum Gasteiger partial charge on any atom is -0.265 e. The molecule has 0 aliphatic carbocycles. The fraction of sp³-hybridized carbons (Fsp3) is 0. The minimum absolute atomic E-state index is 0.764. The maximum absolute atomic E-state index is 6.43. The Morgan fingerprint density at radius 1 is 0.667 bits per heavy atom. The molecule has 2 aromatic carbocycles. The Kier molecular flexibility index (Phi) is 4.55. The third-order valence-electron chi connectivity index (χ3n) is 3.11. The van der Waals surface area contributed by atoms with Gasteiger partial charge in [0, 0.05) is 33.0 Å². The van der Waals surface area contributed by atoms with Crippen molar-refractivity contribution < 1.29 is 0 Å². The Morgan fingerprint density at radius 2 is 1.14 bits per heavy atom. The van der Waals surface area contributed by atoms with Crippen LogP contribution in [0.1, 0.15) is 0 Å². The molecule has 0 radical (unpaired) electrons. The third-order valence-corrected chi connectivity index (χ3v) is 6.59. The van der Waals surface area contributed by atoms with E-state index in [2.05, 4.69) is 17.1 Å². The lowest BCUT2D eigenvalue weighted by molar-refractivity contribution is 1.34. The lowest BCUT2D eigenvalue weighted by Crippen LogP contribution is -2.22. The van der Waals surface area contributed by atoms with Gasteiger partial charge in [0.25, 0.3) is 0 Å². The molecule has 0 amide bonds. The SMILES string of the molecule is Clc1ccccc1P(c1ccncc1)c1ccccc1Cl. The van der Waals surface area contributed by atoms with Crippen LogP contribution in [-0.4, -0.2) is 4.98 Å². The number of benzene rings is 2. The van der Waals surface area contributed by atoms with E-state index in [1.54, 1.807) is 12.4 Å². The predicted molar refractivity (Wildman–Crippen MR) is 93.0 cm³/mol.